The van der Waals surface area contributed by atoms with Crippen molar-refractivity contribution >= 4 is 28.3 Å². The molecule has 0 saturated carbocycles. The van der Waals surface area contributed by atoms with Crippen molar-refractivity contribution in [3.8, 4) is 0 Å². The standard InChI is InChI=1S/C27H33N3O9S/c31-21-22(32)24(26(34)35)39-27(23(21)33)38-16-15-37-14-13-29-9-11-30(12-10-29)25-17-5-1-3-7-19(17)40(36)20-8-4-2-6-18(20)28-25/h1-8,21-24,27,31-33H,9-16H2,(H,34,35). The number of rotatable bonds is 8. The van der Waals surface area contributed by atoms with Crippen molar-refractivity contribution in [3.63, 3.8) is 0 Å². The molecule has 2 saturated heterocycles. The van der Waals surface area contributed by atoms with E-state index in [1.165, 1.54) is 0 Å². The van der Waals surface area contributed by atoms with Crippen LogP contribution in [0.5, 0.6) is 0 Å². The molecule has 5 rings (SSSR count). The Hall–Kier alpha value is -2.75. The molecule has 4 N–H and O–H groups in total. The molecule has 0 bridgehead atoms. The van der Waals surface area contributed by atoms with Crippen LogP contribution < -0.4 is 0 Å². The minimum Gasteiger partial charge on any atom is -0.479 e. The van der Waals surface area contributed by atoms with E-state index in [0.717, 1.165) is 48.2 Å². The van der Waals surface area contributed by atoms with Gasteiger partial charge in [-0.05, 0) is 18.2 Å². The molecular formula is C27H33N3O9S. The Kier molecular flexibility index (Phi) is 9.23. The van der Waals surface area contributed by atoms with Gasteiger partial charge in [-0.1, -0.05) is 30.3 Å². The second kappa shape index (κ2) is 12.8. The fourth-order valence-electron chi connectivity index (χ4n) is 4.95. The predicted molar refractivity (Wildman–Crippen MR) is 143 cm³/mol. The molecule has 216 valence electrons. The molecule has 3 aliphatic heterocycles. The maximum absolute atomic E-state index is 13.3. The number of nitrogens with zero attached hydrogens (tertiary/aromatic N) is 3. The second-order valence-corrected chi connectivity index (χ2v) is 11.1. The number of aliphatic hydroxyl groups excluding tert-OH is 3. The Morgan fingerprint density at radius 2 is 1.62 bits per heavy atom. The van der Waals surface area contributed by atoms with Gasteiger partial charge in [0.1, 0.15) is 24.1 Å². The highest BCUT2D eigenvalue weighted by Crippen LogP contribution is 2.33. The number of aliphatic carboxylic acids is 1. The van der Waals surface area contributed by atoms with E-state index >= 15 is 0 Å². The highest BCUT2D eigenvalue weighted by atomic mass is 32.2. The molecule has 0 aromatic heterocycles. The van der Waals surface area contributed by atoms with Crippen LogP contribution in [0.15, 0.2) is 63.3 Å². The first-order chi connectivity index (χ1) is 19.3. The average molecular weight is 576 g/mol. The first-order valence-electron chi connectivity index (χ1n) is 13.1. The molecule has 13 heteroatoms. The van der Waals surface area contributed by atoms with E-state index in [4.69, 9.17) is 24.3 Å². The Morgan fingerprint density at radius 1 is 0.925 bits per heavy atom. The number of amidine groups is 1. The lowest BCUT2D eigenvalue weighted by atomic mass is 9.99. The number of piperazine rings is 1. The number of hydrogen-bond acceptors (Lipinski definition) is 11. The van der Waals surface area contributed by atoms with Crippen LogP contribution in [0.3, 0.4) is 0 Å². The van der Waals surface area contributed by atoms with Crippen LogP contribution in [0.25, 0.3) is 0 Å². The SMILES string of the molecule is O=C(O)C1OC(OCCOCCN2CCN(C3=Nc4ccccc4S(=O)c4ccccc43)CC2)C(O)C(O)C1O. The van der Waals surface area contributed by atoms with Crippen LogP contribution in [-0.4, -0.2) is 129 Å². The molecule has 0 aliphatic carbocycles. The number of carbonyl (C=O) groups is 1. The van der Waals surface area contributed by atoms with Gasteiger partial charge in [-0.2, -0.15) is 0 Å². The van der Waals surface area contributed by atoms with Crippen molar-refractivity contribution in [1.29, 1.82) is 0 Å². The monoisotopic (exact) mass is 575 g/mol. The summed E-state index contributed by atoms with van der Waals surface area (Å²) >= 11 is 0. The summed E-state index contributed by atoms with van der Waals surface area (Å²) in [5.74, 6) is -0.629. The van der Waals surface area contributed by atoms with Crippen LogP contribution in [0.1, 0.15) is 5.56 Å². The van der Waals surface area contributed by atoms with Gasteiger partial charge in [0.15, 0.2) is 12.4 Å². The third-order valence-corrected chi connectivity index (χ3v) is 8.67. The summed E-state index contributed by atoms with van der Waals surface area (Å²) in [6, 6.07) is 15.3. The molecule has 2 fully saturated rings. The number of hydrogen-bond donors (Lipinski definition) is 4. The summed E-state index contributed by atoms with van der Waals surface area (Å²) in [4.78, 5) is 22.1. The lowest BCUT2D eigenvalue weighted by molar-refractivity contribution is -0.295. The molecule has 2 aromatic rings. The fraction of sp³-hybridized carbons (Fsp3) is 0.481. The summed E-state index contributed by atoms with van der Waals surface area (Å²) in [5, 5.41) is 38.7. The summed E-state index contributed by atoms with van der Waals surface area (Å²) in [5.41, 5.74) is 1.61. The molecule has 12 nitrogen and oxygen atoms in total. The fourth-order valence-corrected chi connectivity index (χ4v) is 6.25. The van der Waals surface area contributed by atoms with Crippen molar-refractivity contribution in [3.05, 3.63) is 54.1 Å². The molecule has 0 spiro atoms. The maximum Gasteiger partial charge on any atom is 0.335 e. The smallest absolute Gasteiger partial charge is 0.335 e. The zero-order valence-corrected chi connectivity index (χ0v) is 22.6. The van der Waals surface area contributed by atoms with E-state index in [1.807, 2.05) is 48.5 Å². The van der Waals surface area contributed by atoms with Gasteiger partial charge in [0.25, 0.3) is 0 Å². The van der Waals surface area contributed by atoms with Crippen molar-refractivity contribution in [2.45, 2.75) is 40.5 Å². The van der Waals surface area contributed by atoms with Crippen LogP contribution in [0.4, 0.5) is 5.69 Å². The van der Waals surface area contributed by atoms with Gasteiger partial charge >= 0.3 is 5.97 Å². The van der Waals surface area contributed by atoms with Crippen LogP contribution >= 0.6 is 0 Å². The average Bonchev–Trinajstić information content (AvgIpc) is 3.09. The number of fused-ring (bicyclic) bond motifs is 2. The predicted octanol–water partition coefficient (Wildman–Crippen LogP) is -0.212. The van der Waals surface area contributed by atoms with E-state index in [9.17, 15) is 24.3 Å². The molecule has 3 heterocycles. The van der Waals surface area contributed by atoms with Gasteiger partial charge in [-0.25, -0.2) is 14.0 Å². The van der Waals surface area contributed by atoms with Crippen molar-refractivity contribution < 1.29 is 43.6 Å². The van der Waals surface area contributed by atoms with Crippen molar-refractivity contribution in [2.75, 3.05) is 52.5 Å². The van der Waals surface area contributed by atoms with Gasteiger partial charge in [-0.15, -0.1) is 0 Å². The van der Waals surface area contributed by atoms with E-state index in [-0.39, 0.29) is 13.2 Å². The molecule has 0 radical (unpaired) electrons. The third-order valence-electron chi connectivity index (χ3n) is 7.17. The third kappa shape index (κ3) is 6.11. The summed E-state index contributed by atoms with van der Waals surface area (Å²) in [7, 11) is -1.31. The second-order valence-electron chi connectivity index (χ2n) is 9.71. The molecule has 6 atom stereocenters. The lowest BCUT2D eigenvalue weighted by Crippen LogP contribution is -2.60. The van der Waals surface area contributed by atoms with E-state index < -0.39 is 47.5 Å². The molecule has 0 amide bonds. The summed E-state index contributed by atoms with van der Waals surface area (Å²) in [6.07, 6.45) is -8.13. The number of aliphatic imine (C=N–C) groups is 1. The number of para-hydroxylation sites is 1. The number of benzene rings is 2. The largest absolute Gasteiger partial charge is 0.479 e. The molecule has 3 aliphatic rings. The molecule has 6 unspecified atom stereocenters. The van der Waals surface area contributed by atoms with Gasteiger partial charge < -0.3 is 39.5 Å². The van der Waals surface area contributed by atoms with Gasteiger partial charge in [0.05, 0.1) is 46.1 Å². The molecular weight excluding hydrogens is 542 g/mol. The maximum atomic E-state index is 13.3. The van der Waals surface area contributed by atoms with Crippen LogP contribution in [0, 0.1) is 0 Å². The van der Waals surface area contributed by atoms with Gasteiger partial charge in [-0.3, -0.25) is 4.90 Å². The number of carboxylic acid groups (broad SMARTS) is 1. The normalized spacial score (nSPS) is 28.8. The van der Waals surface area contributed by atoms with Crippen LogP contribution in [0.2, 0.25) is 0 Å². The number of ether oxygens (including phenoxy) is 3. The topological polar surface area (TPSA) is 162 Å². The molecule has 40 heavy (non-hydrogen) atoms. The van der Waals surface area contributed by atoms with Gasteiger partial charge in [0, 0.05) is 38.3 Å². The van der Waals surface area contributed by atoms with Crippen molar-refractivity contribution in [2.24, 2.45) is 4.99 Å². The van der Waals surface area contributed by atoms with E-state index in [2.05, 4.69) is 9.80 Å². The summed E-state index contributed by atoms with van der Waals surface area (Å²) < 4.78 is 29.4. The minimum atomic E-state index is -1.76. The van der Waals surface area contributed by atoms with Crippen LogP contribution in [-0.2, 0) is 29.8 Å². The number of carboxylic acids is 1. The van der Waals surface area contributed by atoms with Crippen molar-refractivity contribution in [1.82, 2.24) is 9.80 Å². The molecule has 2 aromatic carbocycles. The first kappa shape index (κ1) is 28.8. The zero-order valence-electron chi connectivity index (χ0n) is 21.7. The van der Waals surface area contributed by atoms with E-state index in [0.29, 0.717) is 18.0 Å². The summed E-state index contributed by atoms with van der Waals surface area (Å²) in [6.45, 7) is 4.40. The Bertz CT molecular complexity index is 1250. The highest BCUT2D eigenvalue weighted by Gasteiger charge is 2.47. The number of aliphatic hydroxyl groups is 3. The van der Waals surface area contributed by atoms with Gasteiger partial charge in [0.2, 0.25) is 0 Å². The minimum absolute atomic E-state index is 0.00668. The Labute approximate surface area is 233 Å². The zero-order chi connectivity index (χ0) is 28.2. The lowest BCUT2D eigenvalue weighted by Gasteiger charge is -2.38. The quantitative estimate of drug-likeness (QED) is 0.308. The Balaban J connectivity index is 1.08. The Morgan fingerprint density at radius 3 is 2.38 bits per heavy atom. The first-order valence-corrected chi connectivity index (χ1v) is 14.3. The van der Waals surface area contributed by atoms with E-state index in [1.54, 1.807) is 0 Å². The highest BCUT2D eigenvalue weighted by molar-refractivity contribution is 7.85.